The van der Waals surface area contributed by atoms with E-state index in [-0.39, 0.29) is 18.2 Å². The lowest BCUT2D eigenvalue weighted by molar-refractivity contribution is -0.124. The van der Waals surface area contributed by atoms with Gasteiger partial charge in [-0.15, -0.1) is 0 Å². The average molecular weight is 387 g/mol. The van der Waals surface area contributed by atoms with Crippen molar-refractivity contribution in [1.29, 1.82) is 0 Å². The summed E-state index contributed by atoms with van der Waals surface area (Å²) in [5.74, 6) is 0.0162. The Hall–Kier alpha value is -2.53. The standard InChI is InChI=1S/C21H23ClN2O3/c1-4-23(16-8-6-5-7-9-16)21(26)15-11-20(25)24(13-15)18-10-14(2)17(22)12-19(18)27-3/h5-10,12,15H,4,11,13H2,1-3H3. The highest BCUT2D eigenvalue weighted by atomic mass is 35.5. The quantitative estimate of drug-likeness (QED) is 0.778. The van der Waals surface area contributed by atoms with Crippen LogP contribution < -0.4 is 14.5 Å². The van der Waals surface area contributed by atoms with Crippen LogP contribution in [0.5, 0.6) is 5.75 Å². The van der Waals surface area contributed by atoms with Gasteiger partial charge in [-0.05, 0) is 37.6 Å². The van der Waals surface area contributed by atoms with Crippen molar-refractivity contribution < 1.29 is 14.3 Å². The normalized spacial score (nSPS) is 16.5. The summed E-state index contributed by atoms with van der Waals surface area (Å²) in [6.07, 6.45) is 0.187. The first-order chi connectivity index (χ1) is 13.0. The van der Waals surface area contributed by atoms with Crippen LogP contribution in [0.4, 0.5) is 11.4 Å². The van der Waals surface area contributed by atoms with Crippen molar-refractivity contribution in [1.82, 2.24) is 0 Å². The molecule has 27 heavy (non-hydrogen) atoms. The molecule has 6 heteroatoms. The summed E-state index contributed by atoms with van der Waals surface area (Å²) in [6.45, 7) is 4.70. The molecule has 1 fully saturated rings. The maximum absolute atomic E-state index is 13.1. The molecule has 1 aliphatic rings. The highest BCUT2D eigenvalue weighted by Gasteiger charge is 2.38. The summed E-state index contributed by atoms with van der Waals surface area (Å²) in [6, 6.07) is 13.1. The van der Waals surface area contributed by atoms with E-state index in [9.17, 15) is 9.59 Å². The van der Waals surface area contributed by atoms with E-state index < -0.39 is 5.92 Å². The summed E-state index contributed by atoms with van der Waals surface area (Å²) < 4.78 is 5.40. The predicted molar refractivity (Wildman–Crippen MR) is 108 cm³/mol. The molecular weight excluding hydrogens is 364 g/mol. The Morgan fingerprint density at radius 2 is 2.00 bits per heavy atom. The molecule has 2 aromatic carbocycles. The van der Waals surface area contributed by atoms with Crippen LogP contribution in [0, 0.1) is 12.8 Å². The molecule has 1 heterocycles. The number of rotatable bonds is 5. The van der Waals surface area contributed by atoms with Gasteiger partial charge in [-0.1, -0.05) is 29.8 Å². The zero-order valence-corrected chi connectivity index (χ0v) is 16.5. The molecule has 2 amide bonds. The zero-order valence-electron chi connectivity index (χ0n) is 15.7. The largest absolute Gasteiger partial charge is 0.495 e. The molecule has 142 valence electrons. The van der Waals surface area contributed by atoms with E-state index in [1.165, 1.54) is 0 Å². The lowest BCUT2D eigenvalue weighted by Crippen LogP contribution is -2.37. The second kappa shape index (κ2) is 8.01. The van der Waals surface area contributed by atoms with Gasteiger partial charge in [0.25, 0.3) is 0 Å². The number of carbonyl (C=O) groups is 2. The minimum atomic E-state index is -0.390. The summed E-state index contributed by atoms with van der Waals surface area (Å²) in [7, 11) is 1.54. The number of benzene rings is 2. The molecule has 1 saturated heterocycles. The first-order valence-corrected chi connectivity index (χ1v) is 9.35. The zero-order chi connectivity index (χ0) is 19.6. The summed E-state index contributed by atoms with van der Waals surface area (Å²) >= 11 is 6.17. The molecule has 2 aromatic rings. The van der Waals surface area contributed by atoms with Crippen molar-refractivity contribution in [2.75, 3.05) is 30.0 Å². The van der Waals surface area contributed by atoms with Gasteiger partial charge in [-0.3, -0.25) is 9.59 Å². The molecule has 1 atom stereocenters. The lowest BCUT2D eigenvalue weighted by atomic mass is 10.1. The highest BCUT2D eigenvalue weighted by molar-refractivity contribution is 6.31. The minimum absolute atomic E-state index is 0.0378. The Labute approximate surface area is 164 Å². The topological polar surface area (TPSA) is 49.9 Å². The molecule has 1 aliphatic heterocycles. The van der Waals surface area contributed by atoms with Gasteiger partial charge in [-0.2, -0.15) is 0 Å². The molecule has 0 N–H and O–H groups in total. The van der Waals surface area contributed by atoms with E-state index in [0.717, 1.165) is 11.3 Å². The molecule has 0 bridgehead atoms. The van der Waals surface area contributed by atoms with Gasteiger partial charge < -0.3 is 14.5 Å². The van der Waals surface area contributed by atoms with E-state index in [1.54, 1.807) is 23.0 Å². The van der Waals surface area contributed by atoms with Crippen LogP contribution in [0.15, 0.2) is 42.5 Å². The number of amides is 2. The Bertz CT molecular complexity index is 854. The van der Waals surface area contributed by atoms with Crippen molar-refractivity contribution in [2.24, 2.45) is 5.92 Å². The fourth-order valence-corrected chi connectivity index (χ4v) is 3.58. The molecule has 0 radical (unpaired) electrons. The number of aryl methyl sites for hydroxylation is 1. The molecule has 1 unspecified atom stereocenters. The Balaban J connectivity index is 1.85. The van der Waals surface area contributed by atoms with Crippen molar-refractivity contribution in [3.63, 3.8) is 0 Å². The Morgan fingerprint density at radius 3 is 2.63 bits per heavy atom. The predicted octanol–water partition coefficient (Wildman–Crippen LogP) is 4.06. The summed E-state index contributed by atoms with van der Waals surface area (Å²) in [4.78, 5) is 29.1. The van der Waals surface area contributed by atoms with E-state index in [2.05, 4.69) is 0 Å². The lowest BCUT2D eigenvalue weighted by Gasteiger charge is -2.25. The van der Waals surface area contributed by atoms with Gasteiger partial charge in [0.2, 0.25) is 11.8 Å². The third kappa shape index (κ3) is 3.78. The van der Waals surface area contributed by atoms with Gasteiger partial charge >= 0.3 is 0 Å². The number of methoxy groups -OCH3 is 1. The minimum Gasteiger partial charge on any atom is -0.495 e. The monoisotopic (exact) mass is 386 g/mol. The molecule has 0 aliphatic carbocycles. The SMILES string of the molecule is CCN(C(=O)C1CC(=O)N(c2cc(C)c(Cl)cc2OC)C1)c1ccccc1. The smallest absolute Gasteiger partial charge is 0.232 e. The van der Waals surface area contributed by atoms with E-state index in [1.807, 2.05) is 50.2 Å². The van der Waals surface area contributed by atoms with Gasteiger partial charge in [0.05, 0.1) is 18.7 Å². The molecule has 0 aromatic heterocycles. The van der Waals surface area contributed by atoms with Gasteiger partial charge in [0.1, 0.15) is 5.75 Å². The molecular formula is C21H23ClN2O3. The summed E-state index contributed by atoms with van der Waals surface area (Å²) in [5.41, 5.74) is 2.35. The number of hydrogen-bond donors (Lipinski definition) is 0. The first kappa shape index (κ1) is 19.2. The molecule has 5 nitrogen and oxygen atoms in total. The van der Waals surface area contributed by atoms with Gasteiger partial charge in [0.15, 0.2) is 0 Å². The first-order valence-electron chi connectivity index (χ1n) is 8.97. The van der Waals surface area contributed by atoms with E-state index in [4.69, 9.17) is 16.3 Å². The number of carbonyl (C=O) groups excluding carboxylic acids is 2. The number of ether oxygens (including phenoxy) is 1. The van der Waals surface area contributed by atoms with Crippen molar-refractivity contribution >= 4 is 34.8 Å². The van der Waals surface area contributed by atoms with E-state index >= 15 is 0 Å². The third-order valence-electron chi connectivity index (χ3n) is 4.88. The second-order valence-corrected chi connectivity index (χ2v) is 7.00. The molecule has 0 spiro atoms. The Morgan fingerprint density at radius 1 is 1.30 bits per heavy atom. The number of para-hydroxylation sites is 1. The van der Waals surface area contributed by atoms with Crippen LogP contribution in [-0.2, 0) is 9.59 Å². The second-order valence-electron chi connectivity index (χ2n) is 6.60. The van der Waals surface area contributed by atoms with Crippen LogP contribution in [-0.4, -0.2) is 32.0 Å². The van der Waals surface area contributed by atoms with Crippen LogP contribution >= 0.6 is 11.6 Å². The number of nitrogens with zero attached hydrogens (tertiary/aromatic N) is 2. The van der Waals surface area contributed by atoms with E-state index in [0.29, 0.717) is 29.5 Å². The van der Waals surface area contributed by atoms with Crippen LogP contribution in [0.1, 0.15) is 18.9 Å². The highest BCUT2D eigenvalue weighted by Crippen LogP contribution is 2.37. The van der Waals surface area contributed by atoms with Crippen LogP contribution in [0.3, 0.4) is 0 Å². The fourth-order valence-electron chi connectivity index (χ4n) is 3.42. The molecule has 0 saturated carbocycles. The number of anilines is 2. The van der Waals surface area contributed by atoms with Crippen LogP contribution in [0.2, 0.25) is 5.02 Å². The van der Waals surface area contributed by atoms with Crippen molar-refractivity contribution in [3.8, 4) is 5.75 Å². The van der Waals surface area contributed by atoms with Crippen LogP contribution in [0.25, 0.3) is 0 Å². The average Bonchev–Trinajstić information content (AvgIpc) is 3.06. The molecule has 3 rings (SSSR count). The maximum atomic E-state index is 13.1. The van der Waals surface area contributed by atoms with Gasteiger partial charge in [-0.25, -0.2) is 0 Å². The fraction of sp³-hybridized carbons (Fsp3) is 0.333. The van der Waals surface area contributed by atoms with Crippen molar-refractivity contribution in [2.45, 2.75) is 20.3 Å². The summed E-state index contributed by atoms with van der Waals surface area (Å²) in [5, 5.41) is 0.580. The number of hydrogen-bond acceptors (Lipinski definition) is 3. The Kier molecular flexibility index (Phi) is 5.71. The number of halogens is 1. The van der Waals surface area contributed by atoms with Gasteiger partial charge in [0, 0.05) is 36.3 Å². The third-order valence-corrected chi connectivity index (χ3v) is 5.28. The van der Waals surface area contributed by atoms with Crippen molar-refractivity contribution in [3.05, 3.63) is 53.1 Å². The maximum Gasteiger partial charge on any atom is 0.232 e.